The normalized spacial score (nSPS) is 14.6. The summed E-state index contributed by atoms with van der Waals surface area (Å²) in [6.07, 6.45) is 2.72. The summed E-state index contributed by atoms with van der Waals surface area (Å²) in [5.74, 6) is -0.423. The number of hydrogen-bond donors (Lipinski definition) is 1. The molecule has 0 saturated heterocycles. The summed E-state index contributed by atoms with van der Waals surface area (Å²) in [5.41, 5.74) is -0.242. The highest BCUT2D eigenvalue weighted by Gasteiger charge is 2.30. The Hall–Kier alpha value is -1.75. The molecule has 0 saturated carbocycles. The van der Waals surface area contributed by atoms with Gasteiger partial charge in [0.1, 0.15) is 11.4 Å². The maximum absolute atomic E-state index is 12.8. The molecule has 0 amide bonds. The number of halogens is 1. The molecule has 1 N–H and O–H groups in total. The molecule has 0 bridgehead atoms. The van der Waals surface area contributed by atoms with Gasteiger partial charge in [-0.25, -0.2) is 4.39 Å². The van der Waals surface area contributed by atoms with Crippen molar-refractivity contribution >= 4 is 0 Å². The molecule has 2 aromatic rings. The van der Waals surface area contributed by atoms with Gasteiger partial charge in [-0.1, -0.05) is 0 Å². The van der Waals surface area contributed by atoms with Crippen molar-refractivity contribution in [2.75, 3.05) is 0 Å². The summed E-state index contributed by atoms with van der Waals surface area (Å²) in [6.45, 7) is 4.21. The highest BCUT2D eigenvalue weighted by Crippen LogP contribution is 2.27. The van der Waals surface area contributed by atoms with Crippen molar-refractivity contribution in [2.45, 2.75) is 26.0 Å². The average Bonchev–Trinajstić information content (AvgIpc) is 2.78. The van der Waals surface area contributed by atoms with Crippen molar-refractivity contribution in [1.82, 2.24) is 14.8 Å². The van der Waals surface area contributed by atoms with Crippen LogP contribution in [0.3, 0.4) is 0 Å². The second-order valence-electron chi connectivity index (χ2n) is 3.97. The van der Waals surface area contributed by atoms with Crippen molar-refractivity contribution in [3.63, 3.8) is 0 Å². The van der Waals surface area contributed by atoms with Crippen LogP contribution in [0.5, 0.6) is 0 Å². The predicted molar refractivity (Wildman–Crippen MR) is 60.8 cm³/mol. The Morgan fingerprint density at radius 2 is 2.18 bits per heavy atom. The van der Waals surface area contributed by atoms with Crippen LogP contribution in [0.1, 0.15) is 25.2 Å². The minimum atomic E-state index is -1.28. The van der Waals surface area contributed by atoms with Gasteiger partial charge in [0.05, 0.1) is 17.6 Å². The van der Waals surface area contributed by atoms with Crippen LogP contribution in [0, 0.1) is 5.82 Å². The number of aromatic nitrogens is 3. The standard InChI is InChI=1S/C12H14FN3O/c1-3-16-11(6-7-15-16)12(2,17)10-5-4-9(13)8-14-10/h4-8,17H,3H2,1-2H3. The molecule has 1 unspecified atom stereocenters. The Labute approximate surface area is 98.7 Å². The molecule has 0 aromatic carbocycles. The smallest absolute Gasteiger partial charge is 0.145 e. The zero-order valence-corrected chi connectivity index (χ0v) is 9.76. The van der Waals surface area contributed by atoms with E-state index in [1.807, 2.05) is 6.92 Å². The monoisotopic (exact) mass is 235 g/mol. The summed E-state index contributed by atoms with van der Waals surface area (Å²) < 4.78 is 14.5. The maximum Gasteiger partial charge on any atom is 0.145 e. The van der Waals surface area contributed by atoms with E-state index < -0.39 is 11.4 Å². The van der Waals surface area contributed by atoms with E-state index in [0.29, 0.717) is 17.9 Å². The predicted octanol–water partition coefficient (Wildman–Crippen LogP) is 1.69. The lowest BCUT2D eigenvalue weighted by molar-refractivity contribution is 0.0869. The third kappa shape index (κ3) is 2.06. The largest absolute Gasteiger partial charge is 0.377 e. The van der Waals surface area contributed by atoms with Crippen LogP contribution in [-0.4, -0.2) is 19.9 Å². The number of hydrogen-bond acceptors (Lipinski definition) is 3. The van der Waals surface area contributed by atoms with Crippen LogP contribution in [0.4, 0.5) is 4.39 Å². The van der Waals surface area contributed by atoms with E-state index in [1.54, 1.807) is 23.9 Å². The number of rotatable bonds is 3. The fraction of sp³-hybridized carbons (Fsp3) is 0.333. The number of nitrogens with zero attached hydrogens (tertiary/aromatic N) is 3. The molecule has 0 aliphatic heterocycles. The summed E-state index contributed by atoms with van der Waals surface area (Å²) in [6, 6.07) is 4.49. The molecule has 0 radical (unpaired) electrons. The zero-order chi connectivity index (χ0) is 12.5. The average molecular weight is 235 g/mol. The van der Waals surface area contributed by atoms with Gasteiger partial charge in [0, 0.05) is 12.7 Å². The Balaban J connectivity index is 2.45. The first-order valence-corrected chi connectivity index (χ1v) is 5.42. The maximum atomic E-state index is 12.8. The van der Waals surface area contributed by atoms with Crippen LogP contribution in [0.15, 0.2) is 30.6 Å². The summed E-state index contributed by atoms with van der Waals surface area (Å²) in [4.78, 5) is 3.92. The van der Waals surface area contributed by atoms with E-state index in [1.165, 1.54) is 12.1 Å². The number of pyridine rings is 1. The van der Waals surface area contributed by atoms with Crippen LogP contribution in [0.25, 0.3) is 0 Å². The molecule has 0 aliphatic carbocycles. The fourth-order valence-corrected chi connectivity index (χ4v) is 1.79. The molecule has 1 atom stereocenters. The number of aliphatic hydroxyl groups is 1. The fourth-order valence-electron chi connectivity index (χ4n) is 1.79. The molecule has 0 spiro atoms. The lowest BCUT2D eigenvalue weighted by Gasteiger charge is -2.23. The van der Waals surface area contributed by atoms with Gasteiger partial charge in [-0.15, -0.1) is 0 Å². The van der Waals surface area contributed by atoms with Gasteiger partial charge in [-0.3, -0.25) is 9.67 Å². The minimum Gasteiger partial charge on any atom is -0.377 e. The Kier molecular flexibility index (Phi) is 2.93. The van der Waals surface area contributed by atoms with Gasteiger partial charge < -0.3 is 5.11 Å². The molecular weight excluding hydrogens is 221 g/mol. The Morgan fingerprint density at radius 1 is 1.41 bits per heavy atom. The molecule has 0 aliphatic rings. The quantitative estimate of drug-likeness (QED) is 0.880. The lowest BCUT2D eigenvalue weighted by Crippen LogP contribution is -2.28. The van der Waals surface area contributed by atoms with Crippen LogP contribution in [-0.2, 0) is 12.1 Å². The van der Waals surface area contributed by atoms with Crippen molar-refractivity contribution in [2.24, 2.45) is 0 Å². The molecule has 2 rings (SSSR count). The Morgan fingerprint density at radius 3 is 2.76 bits per heavy atom. The first-order chi connectivity index (χ1) is 8.05. The second kappa shape index (κ2) is 4.25. The minimum absolute atomic E-state index is 0.397. The SMILES string of the molecule is CCn1nccc1C(C)(O)c1ccc(F)cn1. The molecule has 17 heavy (non-hydrogen) atoms. The van der Waals surface area contributed by atoms with Gasteiger partial charge >= 0.3 is 0 Å². The van der Waals surface area contributed by atoms with Gasteiger partial charge in [0.25, 0.3) is 0 Å². The van der Waals surface area contributed by atoms with Crippen molar-refractivity contribution in [3.05, 3.63) is 47.8 Å². The van der Waals surface area contributed by atoms with Crippen LogP contribution in [0.2, 0.25) is 0 Å². The van der Waals surface area contributed by atoms with E-state index in [9.17, 15) is 9.50 Å². The van der Waals surface area contributed by atoms with Gasteiger partial charge in [0.2, 0.25) is 0 Å². The lowest BCUT2D eigenvalue weighted by atomic mass is 9.97. The van der Waals surface area contributed by atoms with Crippen LogP contribution < -0.4 is 0 Å². The van der Waals surface area contributed by atoms with Gasteiger partial charge in [0.15, 0.2) is 0 Å². The van der Waals surface area contributed by atoms with Gasteiger partial charge in [-0.2, -0.15) is 5.10 Å². The van der Waals surface area contributed by atoms with E-state index in [-0.39, 0.29) is 0 Å². The number of aryl methyl sites for hydroxylation is 1. The first kappa shape index (κ1) is 11.7. The summed E-state index contributed by atoms with van der Waals surface area (Å²) in [5, 5.41) is 14.6. The van der Waals surface area contributed by atoms with E-state index in [4.69, 9.17) is 0 Å². The topological polar surface area (TPSA) is 50.9 Å². The molecule has 0 fully saturated rings. The highest BCUT2D eigenvalue weighted by molar-refractivity contribution is 5.25. The van der Waals surface area contributed by atoms with Gasteiger partial charge in [-0.05, 0) is 32.0 Å². The molecule has 2 aromatic heterocycles. The van der Waals surface area contributed by atoms with E-state index in [2.05, 4.69) is 10.1 Å². The molecule has 5 heteroatoms. The van der Waals surface area contributed by atoms with E-state index >= 15 is 0 Å². The third-order valence-electron chi connectivity index (χ3n) is 2.74. The van der Waals surface area contributed by atoms with E-state index in [0.717, 1.165) is 6.20 Å². The summed E-state index contributed by atoms with van der Waals surface area (Å²) >= 11 is 0. The molecule has 4 nitrogen and oxygen atoms in total. The summed E-state index contributed by atoms with van der Waals surface area (Å²) in [7, 11) is 0. The van der Waals surface area contributed by atoms with Crippen LogP contribution >= 0.6 is 0 Å². The van der Waals surface area contributed by atoms with Crippen molar-refractivity contribution in [1.29, 1.82) is 0 Å². The molecule has 90 valence electrons. The zero-order valence-electron chi connectivity index (χ0n) is 9.76. The third-order valence-corrected chi connectivity index (χ3v) is 2.74. The van der Waals surface area contributed by atoms with Crippen molar-refractivity contribution < 1.29 is 9.50 Å². The second-order valence-corrected chi connectivity index (χ2v) is 3.97. The molecular formula is C12H14FN3O. The van der Waals surface area contributed by atoms with Crippen molar-refractivity contribution in [3.8, 4) is 0 Å². The highest BCUT2D eigenvalue weighted by atomic mass is 19.1. The Bertz CT molecular complexity index is 505. The first-order valence-electron chi connectivity index (χ1n) is 5.42. The molecule has 2 heterocycles.